The third-order valence-electron chi connectivity index (χ3n) is 5.28. The number of hydrogen-bond acceptors (Lipinski definition) is 5. The molecule has 5 nitrogen and oxygen atoms in total. The van der Waals surface area contributed by atoms with Gasteiger partial charge in [-0.1, -0.05) is 37.3 Å². The van der Waals surface area contributed by atoms with Crippen molar-refractivity contribution in [3.05, 3.63) is 77.4 Å². The fraction of sp³-hybridized carbons (Fsp3) is 0.250. The van der Waals surface area contributed by atoms with Crippen molar-refractivity contribution in [3.63, 3.8) is 0 Å². The highest BCUT2D eigenvalue weighted by molar-refractivity contribution is 7.99. The molecular formula is C24H25N3O2S. The third kappa shape index (κ3) is 4.50. The zero-order valence-corrected chi connectivity index (χ0v) is 17.7. The van der Waals surface area contributed by atoms with E-state index in [1.807, 2.05) is 66.4 Å². The first kappa shape index (κ1) is 20.4. The number of para-hydroxylation sites is 1. The van der Waals surface area contributed by atoms with Crippen LogP contribution in [0.15, 0.2) is 65.8 Å². The van der Waals surface area contributed by atoms with E-state index < -0.39 is 0 Å². The Bertz CT molecular complexity index is 1070. The molecule has 3 aromatic rings. The summed E-state index contributed by atoms with van der Waals surface area (Å²) in [6.07, 6.45) is 2.58. The normalized spacial score (nSPS) is 18.8. The first-order chi connectivity index (χ1) is 14.7. The van der Waals surface area contributed by atoms with Gasteiger partial charge in [-0.25, -0.2) is 0 Å². The molecule has 2 atom stereocenters. The van der Waals surface area contributed by atoms with Gasteiger partial charge in [-0.2, -0.15) is 5.10 Å². The lowest BCUT2D eigenvalue weighted by Crippen LogP contribution is -2.13. The van der Waals surface area contributed by atoms with Crippen molar-refractivity contribution in [1.82, 2.24) is 0 Å². The molecule has 30 heavy (non-hydrogen) atoms. The Morgan fingerprint density at radius 3 is 2.83 bits per heavy atom. The lowest BCUT2D eigenvalue weighted by atomic mass is 9.90. The van der Waals surface area contributed by atoms with Crippen molar-refractivity contribution < 1.29 is 9.53 Å². The van der Waals surface area contributed by atoms with Crippen molar-refractivity contribution in [2.24, 2.45) is 10.9 Å². The van der Waals surface area contributed by atoms with Crippen LogP contribution >= 0.6 is 11.8 Å². The van der Waals surface area contributed by atoms with Gasteiger partial charge >= 0.3 is 0 Å². The van der Waals surface area contributed by atoms with Crippen LogP contribution in [0.3, 0.4) is 0 Å². The van der Waals surface area contributed by atoms with E-state index in [-0.39, 0.29) is 17.3 Å². The molecule has 1 aliphatic rings. The Labute approximate surface area is 180 Å². The maximum Gasteiger partial charge on any atom is 0.255 e. The molecule has 1 saturated heterocycles. The molecule has 3 N–H and O–H groups in total. The van der Waals surface area contributed by atoms with Crippen LogP contribution in [0.2, 0.25) is 0 Å². The van der Waals surface area contributed by atoms with E-state index in [1.165, 1.54) is 0 Å². The van der Waals surface area contributed by atoms with E-state index in [2.05, 4.69) is 23.4 Å². The van der Waals surface area contributed by atoms with Crippen LogP contribution in [0.4, 0.5) is 5.69 Å². The molecule has 1 heterocycles. The molecule has 0 bridgehead atoms. The van der Waals surface area contributed by atoms with Crippen molar-refractivity contribution in [2.75, 3.05) is 17.7 Å². The van der Waals surface area contributed by atoms with Gasteiger partial charge in [-0.15, -0.1) is 11.8 Å². The number of hydrogen-bond donors (Lipinski definition) is 2. The predicted octanol–water partition coefficient (Wildman–Crippen LogP) is 4.97. The minimum atomic E-state index is -0.115. The minimum Gasteiger partial charge on any atom is -0.367 e. The lowest BCUT2D eigenvalue weighted by molar-refractivity contribution is 0.102. The van der Waals surface area contributed by atoms with Crippen molar-refractivity contribution >= 4 is 40.3 Å². The van der Waals surface area contributed by atoms with Crippen molar-refractivity contribution in [3.8, 4) is 0 Å². The van der Waals surface area contributed by atoms with E-state index in [1.54, 1.807) is 6.21 Å². The first-order valence-electron chi connectivity index (χ1n) is 10.1. The SMILES string of the molecule is CCSC1CC(c2cc(C(=O)Nc3ccccc3)cc3ccc(C=NN)cc23)CO1. The highest BCUT2D eigenvalue weighted by Crippen LogP contribution is 2.38. The topological polar surface area (TPSA) is 76.7 Å². The van der Waals surface area contributed by atoms with E-state index in [9.17, 15) is 4.79 Å². The second-order valence-electron chi connectivity index (χ2n) is 7.30. The average molecular weight is 420 g/mol. The third-order valence-corrected chi connectivity index (χ3v) is 6.31. The maximum absolute atomic E-state index is 13.0. The second kappa shape index (κ2) is 9.32. The molecular weight excluding hydrogens is 394 g/mol. The molecule has 0 aromatic heterocycles. The summed E-state index contributed by atoms with van der Waals surface area (Å²) in [5, 5.41) is 8.77. The van der Waals surface area contributed by atoms with Gasteiger partial charge in [0.2, 0.25) is 0 Å². The summed E-state index contributed by atoms with van der Waals surface area (Å²) < 4.78 is 6.00. The number of carbonyl (C=O) groups excluding carboxylic acids is 1. The van der Waals surface area contributed by atoms with Gasteiger partial charge in [0.1, 0.15) is 5.44 Å². The Morgan fingerprint density at radius 2 is 2.07 bits per heavy atom. The number of nitrogens with zero attached hydrogens (tertiary/aromatic N) is 1. The monoisotopic (exact) mass is 419 g/mol. The molecule has 0 spiro atoms. The van der Waals surface area contributed by atoms with Crippen molar-refractivity contribution in [1.29, 1.82) is 0 Å². The van der Waals surface area contributed by atoms with Crippen LogP contribution in [0.5, 0.6) is 0 Å². The van der Waals surface area contributed by atoms with Gasteiger partial charge < -0.3 is 15.9 Å². The first-order valence-corrected chi connectivity index (χ1v) is 11.1. The van der Waals surface area contributed by atoms with Gasteiger partial charge in [0.05, 0.1) is 12.8 Å². The molecule has 2 unspecified atom stereocenters. The molecule has 1 amide bonds. The van der Waals surface area contributed by atoms with Gasteiger partial charge in [-0.05, 0) is 64.4 Å². The summed E-state index contributed by atoms with van der Waals surface area (Å²) in [6.45, 7) is 2.80. The number of nitrogens with one attached hydrogen (secondary N) is 1. The summed E-state index contributed by atoms with van der Waals surface area (Å²) in [4.78, 5) is 13.0. The van der Waals surface area contributed by atoms with Gasteiger partial charge in [-0.3, -0.25) is 4.79 Å². The number of thioether (sulfide) groups is 1. The lowest BCUT2D eigenvalue weighted by Gasteiger charge is -2.16. The number of hydrazone groups is 1. The van der Waals surface area contributed by atoms with Crippen LogP contribution in [0.1, 0.15) is 40.7 Å². The zero-order valence-electron chi connectivity index (χ0n) is 16.9. The van der Waals surface area contributed by atoms with Gasteiger partial charge in [0.15, 0.2) is 0 Å². The van der Waals surface area contributed by atoms with Crippen LogP contribution in [-0.2, 0) is 4.74 Å². The standard InChI is InChI=1S/C24H25N3O2S/c1-2-30-23-13-19(15-29-23)22-12-18(24(28)27-20-6-4-3-5-7-20)11-17-9-8-16(14-26-25)10-21(17)22/h3-12,14,19,23H,2,13,15,25H2,1H3,(H,27,28). The molecule has 0 saturated carbocycles. The van der Waals surface area contributed by atoms with Gasteiger partial charge in [0.25, 0.3) is 5.91 Å². The number of ether oxygens (including phenoxy) is 1. The molecule has 0 aliphatic carbocycles. The summed E-state index contributed by atoms with van der Waals surface area (Å²) >= 11 is 1.83. The highest BCUT2D eigenvalue weighted by Gasteiger charge is 2.28. The number of rotatable bonds is 6. The molecule has 3 aromatic carbocycles. The van der Waals surface area contributed by atoms with E-state index in [0.29, 0.717) is 12.2 Å². The molecule has 0 radical (unpaired) electrons. The number of amides is 1. The second-order valence-corrected chi connectivity index (χ2v) is 8.73. The summed E-state index contributed by atoms with van der Waals surface area (Å²) in [7, 11) is 0. The van der Waals surface area contributed by atoms with Crippen molar-refractivity contribution in [2.45, 2.75) is 24.7 Å². The maximum atomic E-state index is 13.0. The number of nitrogens with two attached hydrogens (primary N) is 1. The summed E-state index contributed by atoms with van der Waals surface area (Å²) in [6, 6.07) is 19.5. The Balaban J connectivity index is 1.73. The van der Waals surface area contributed by atoms with Crippen LogP contribution in [0, 0.1) is 0 Å². The van der Waals surface area contributed by atoms with Crippen LogP contribution in [0.25, 0.3) is 10.8 Å². The molecule has 1 aliphatic heterocycles. The van der Waals surface area contributed by atoms with E-state index >= 15 is 0 Å². The number of carbonyl (C=O) groups is 1. The van der Waals surface area contributed by atoms with Gasteiger partial charge in [0, 0.05) is 17.2 Å². The number of fused-ring (bicyclic) bond motifs is 1. The molecule has 6 heteroatoms. The Morgan fingerprint density at radius 1 is 1.23 bits per heavy atom. The summed E-state index contributed by atoms with van der Waals surface area (Å²) in [5.74, 6) is 6.50. The quantitative estimate of drug-likeness (QED) is 0.336. The van der Waals surface area contributed by atoms with Crippen LogP contribution in [-0.4, -0.2) is 29.9 Å². The average Bonchev–Trinajstić information content (AvgIpc) is 3.22. The number of benzene rings is 3. The predicted molar refractivity (Wildman–Crippen MR) is 125 cm³/mol. The van der Waals surface area contributed by atoms with E-state index in [0.717, 1.165) is 39.8 Å². The number of anilines is 1. The fourth-order valence-corrected chi connectivity index (χ4v) is 4.79. The van der Waals surface area contributed by atoms with E-state index in [4.69, 9.17) is 10.6 Å². The summed E-state index contributed by atoms with van der Waals surface area (Å²) in [5.41, 5.74) is 3.70. The zero-order chi connectivity index (χ0) is 20.9. The Hall–Kier alpha value is -2.83. The highest BCUT2D eigenvalue weighted by atomic mass is 32.2. The smallest absolute Gasteiger partial charge is 0.255 e. The fourth-order valence-electron chi connectivity index (χ4n) is 3.87. The molecule has 1 fully saturated rings. The minimum absolute atomic E-state index is 0.115. The Kier molecular flexibility index (Phi) is 6.35. The molecule has 154 valence electrons. The van der Waals surface area contributed by atoms with Crippen LogP contribution < -0.4 is 11.2 Å². The molecule has 4 rings (SSSR count). The largest absolute Gasteiger partial charge is 0.367 e.